The second-order valence-corrected chi connectivity index (χ2v) is 15.4. The Morgan fingerprint density at radius 3 is 1.49 bits per heavy atom. The Morgan fingerprint density at radius 1 is 0.288 bits per heavy atom. The maximum atomic E-state index is 4.85. The molecule has 0 aliphatic rings. The van der Waals surface area contributed by atoms with Gasteiger partial charge < -0.3 is 4.57 Å². The van der Waals surface area contributed by atoms with Crippen molar-refractivity contribution in [2.45, 2.75) is 0 Å². The molecule has 0 saturated carbocycles. The van der Waals surface area contributed by atoms with Gasteiger partial charge in [0, 0.05) is 52.4 Å². The van der Waals surface area contributed by atoms with Crippen LogP contribution in [0.2, 0.25) is 0 Å². The summed E-state index contributed by atoms with van der Waals surface area (Å²) in [6, 6.07) is 68.6. The fourth-order valence-electron chi connectivity index (χ4n) is 9.33. The van der Waals surface area contributed by atoms with Crippen molar-refractivity contribution in [3.63, 3.8) is 0 Å². The largest absolute Gasteiger partial charge is 0.309 e. The van der Waals surface area contributed by atoms with Gasteiger partial charge >= 0.3 is 0 Å². The fourth-order valence-corrected chi connectivity index (χ4v) is 9.33. The average Bonchev–Trinajstić information content (AvgIpc) is 3.64. The van der Waals surface area contributed by atoms with Crippen LogP contribution in [0.4, 0.5) is 0 Å². The van der Waals surface area contributed by atoms with E-state index >= 15 is 0 Å². The third-order valence-electron chi connectivity index (χ3n) is 12.1. The van der Waals surface area contributed by atoms with Gasteiger partial charge in [0.2, 0.25) is 0 Å². The van der Waals surface area contributed by atoms with Crippen LogP contribution in [0.3, 0.4) is 0 Å². The molecule has 12 rings (SSSR count). The molecule has 0 amide bonds. The van der Waals surface area contributed by atoms with Crippen molar-refractivity contribution in [3.05, 3.63) is 213 Å². The molecule has 0 fully saturated rings. The molecule has 0 saturated heterocycles. The highest BCUT2D eigenvalue weighted by molar-refractivity contribution is 6.22. The van der Waals surface area contributed by atoms with Gasteiger partial charge in [-0.2, -0.15) is 0 Å². The zero-order chi connectivity index (χ0) is 38.9. The third-order valence-corrected chi connectivity index (χ3v) is 12.1. The molecule has 9 aromatic carbocycles. The normalized spacial score (nSPS) is 11.7. The van der Waals surface area contributed by atoms with Gasteiger partial charge in [-0.15, -0.1) is 0 Å². The van der Waals surface area contributed by atoms with Crippen molar-refractivity contribution < 1.29 is 0 Å². The number of hydrogen-bond donors (Lipinski definition) is 0. The molecule has 3 aromatic heterocycles. The quantitative estimate of drug-likeness (QED) is 0.164. The first kappa shape index (κ1) is 33.3. The van der Waals surface area contributed by atoms with Crippen LogP contribution in [0.15, 0.2) is 213 Å². The van der Waals surface area contributed by atoms with Crippen LogP contribution in [0.1, 0.15) is 0 Å². The van der Waals surface area contributed by atoms with Crippen LogP contribution in [-0.2, 0) is 0 Å². The number of para-hydroxylation sites is 1. The third kappa shape index (κ3) is 5.44. The van der Waals surface area contributed by atoms with Gasteiger partial charge in [-0.05, 0) is 131 Å². The first-order valence-corrected chi connectivity index (χ1v) is 20.1. The van der Waals surface area contributed by atoms with E-state index in [0.717, 1.165) is 44.4 Å². The van der Waals surface area contributed by atoms with Crippen molar-refractivity contribution in [1.82, 2.24) is 14.5 Å². The minimum absolute atomic E-state index is 1.07. The van der Waals surface area contributed by atoms with E-state index < -0.39 is 0 Å². The summed E-state index contributed by atoms with van der Waals surface area (Å²) in [6.45, 7) is 0. The van der Waals surface area contributed by atoms with E-state index in [1.54, 1.807) is 0 Å². The Balaban J connectivity index is 1.07. The molecule has 3 heteroatoms. The molecule has 0 aliphatic heterocycles. The van der Waals surface area contributed by atoms with Gasteiger partial charge in [-0.3, -0.25) is 9.97 Å². The van der Waals surface area contributed by atoms with E-state index in [0.29, 0.717) is 0 Å². The molecule has 0 atom stereocenters. The van der Waals surface area contributed by atoms with E-state index in [1.165, 1.54) is 70.7 Å². The maximum absolute atomic E-state index is 4.85. The van der Waals surface area contributed by atoms with Crippen LogP contribution in [0.5, 0.6) is 0 Å². The first-order valence-electron chi connectivity index (χ1n) is 20.1. The number of benzene rings is 9. The van der Waals surface area contributed by atoms with Crippen molar-refractivity contribution in [1.29, 1.82) is 0 Å². The fraction of sp³-hybridized carbons (Fsp3) is 0. The number of pyridine rings is 2. The van der Waals surface area contributed by atoms with E-state index in [2.05, 4.69) is 198 Å². The Hall–Kier alpha value is -7.88. The smallest absolute Gasteiger partial charge is 0.0571 e. The van der Waals surface area contributed by atoms with Gasteiger partial charge in [0.1, 0.15) is 0 Å². The number of fused-ring (bicyclic) bond motifs is 7. The molecule has 59 heavy (non-hydrogen) atoms. The van der Waals surface area contributed by atoms with E-state index in [9.17, 15) is 0 Å². The summed E-state index contributed by atoms with van der Waals surface area (Å²) >= 11 is 0. The zero-order valence-corrected chi connectivity index (χ0v) is 32.0. The van der Waals surface area contributed by atoms with Crippen LogP contribution in [0.25, 0.3) is 115 Å². The lowest BCUT2D eigenvalue weighted by molar-refractivity contribution is 1.17. The molecule has 0 N–H and O–H groups in total. The summed E-state index contributed by atoms with van der Waals surface area (Å²) in [5.41, 5.74) is 12.7. The number of rotatable bonds is 5. The minimum Gasteiger partial charge on any atom is -0.309 e. The molecule has 0 unspecified atom stereocenters. The lowest BCUT2D eigenvalue weighted by Crippen LogP contribution is -1.93. The van der Waals surface area contributed by atoms with Crippen LogP contribution in [0, 0.1) is 0 Å². The van der Waals surface area contributed by atoms with Gasteiger partial charge in [0.15, 0.2) is 0 Å². The molecular formula is C56H35N3. The predicted molar refractivity (Wildman–Crippen MR) is 248 cm³/mol. The Labute approximate surface area is 341 Å². The number of aromatic nitrogens is 3. The molecule has 0 radical (unpaired) electrons. The van der Waals surface area contributed by atoms with Crippen molar-refractivity contribution in [3.8, 4) is 50.2 Å². The average molecular weight is 750 g/mol. The molecule has 0 spiro atoms. The number of hydrogen-bond acceptors (Lipinski definition) is 2. The van der Waals surface area contributed by atoms with Crippen LogP contribution in [-0.4, -0.2) is 14.5 Å². The lowest BCUT2D eigenvalue weighted by atomic mass is 9.84. The summed E-state index contributed by atoms with van der Waals surface area (Å²) in [5.74, 6) is 0. The summed E-state index contributed by atoms with van der Waals surface area (Å²) in [4.78, 5) is 9.38. The van der Waals surface area contributed by atoms with E-state index in [-0.39, 0.29) is 0 Å². The predicted octanol–water partition coefficient (Wildman–Crippen LogP) is 14.9. The topological polar surface area (TPSA) is 30.7 Å². The molecule has 0 aliphatic carbocycles. The molecule has 3 nitrogen and oxygen atoms in total. The maximum Gasteiger partial charge on any atom is 0.0571 e. The Morgan fingerprint density at radius 2 is 0.814 bits per heavy atom. The molecule has 12 aromatic rings. The number of nitrogens with zero attached hydrogens (tertiary/aromatic N) is 3. The van der Waals surface area contributed by atoms with E-state index in [4.69, 9.17) is 4.98 Å². The summed E-state index contributed by atoms with van der Waals surface area (Å²) in [5, 5.41) is 12.2. The molecule has 274 valence electrons. The van der Waals surface area contributed by atoms with Crippen molar-refractivity contribution >= 4 is 64.9 Å². The summed E-state index contributed by atoms with van der Waals surface area (Å²) in [7, 11) is 0. The van der Waals surface area contributed by atoms with Gasteiger partial charge in [0.25, 0.3) is 0 Å². The second kappa shape index (κ2) is 13.4. The molecular weight excluding hydrogens is 715 g/mol. The van der Waals surface area contributed by atoms with Gasteiger partial charge in [-0.1, -0.05) is 133 Å². The summed E-state index contributed by atoms with van der Waals surface area (Å²) in [6.07, 6.45) is 7.83. The van der Waals surface area contributed by atoms with Crippen LogP contribution < -0.4 is 0 Å². The van der Waals surface area contributed by atoms with E-state index in [1.807, 2.05) is 24.8 Å². The zero-order valence-electron chi connectivity index (χ0n) is 32.0. The second-order valence-electron chi connectivity index (χ2n) is 15.4. The molecule has 3 heterocycles. The standard InChI is InChI=1S/C56H35N3/c1-2-14-46(15-3-1)59-53-25-23-41(31-50(53)52-35-57-27-26-54(52)59)45-30-44(33-58-34-45)40-22-24-49-51(32-40)56(43-21-19-37-11-5-7-13-39(37)29-43)48-17-9-8-16-47(48)55(49)42-20-18-36-10-4-6-12-38(36)28-42/h1-35H. The highest BCUT2D eigenvalue weighted by Gasteiger charge is 2.19. The SMILES string of the molecule is c1ccc(-n2c3ccncc3c3cc(-c4cncc(-c5ccc6c(-c7ccc8ccccc8c7)c7ccccc7c(-c7ccc8ccccc8c7)c6c5)c4)ccc32)cc1. The van der Waals surface area contributed by atoms with Gasteiger partial charge in [-0.25, -0.2) is 0 Å². The van der Waals surface area contributed by atoms with Crippen LogP contribution >= 0.6 is 0 Å². The first-order chi connectivity index (χ1) is 29.2. The van der Waals surface area contributed by atoms with Gasteiger partial charge in [0.05, 0.1) is 11.0 Å². The Bertz CT molecular complexity index is 3620. The monoisotopic (exact) mass is 749 g/mol. The van der Waals surface area contributed by atoms with Crippen molar-refractivity contribution in [2.24, 2.45) is 0 Å². The van der Waals surface area contributed by atoms with Crippen molar-refractivity contribution in [2.75, 3.05) is 0 Å². The minimum atomic E-state index is 1.07. The molecule has 0 bridgehead atoms. The lowest BCUT2D eigenvalue weighted by Gasteiger charge is -2.19. The summed E-state index contributed by atoms with van der Waals surface area (Å²) < 4.78 is 2.32. The highest BCUT2D eigenvalue weighted by Crippen LogP contribution is 2.46. The highest BCUT2D eigenvalue weighted by atomic mass is 15.0. The Kier molecular flexibility index (Phi) is 7.54.